The van der Waals surface area contributed by atoms with Gasteiger partial charge in [0.05, 0.1) is 5.92 Å². The molecule has 1 aliphatic carbocycles. The van der Waals surface area contributed by atoms with Crippen molar-refractivity contribution in [2.75, 3.05) is 0 Å². The summed E-state index contributed by atoms with van der Waals surface area (Å²) in [6.45, 7) is 0. The molecular weight excluding hydrogens is 196 g/mol. The average molecular weight is 205 g/mol. The summed E-state index contributed by atoms with van der Waals surface area (Å²) in [6, 6.07) is 0. The van der Waals surface area contributed by atoms with Gasteiger partial charge in [-0.15, -0.1) is 0 Å². The van der Waals surface area contributed by atoms with E-state index in [1.54, 1.807) is 0 Å². The molecule has 0 aliphatic heterocycles. The summed E-state index contributed by atoms with van der Waals surface area (Å²) in [5.74, 6) is -0.234. The predicted octanol–water partition coefficient (Wildman–Crippen LogP) is 1.67. The molecule has 0 amide bonds. The van der Waals surface area contributed by atoms with Gasteiger partial charge in [0.15, 0.2) is 0 Å². The Morgan fingerprint density at radius 2 is 2.20 bits per heavy atom. The van der Waals surface area contributed by atoms with Crippen LogP contribution in [0.5, 0.6) is 0 Å². The summed E-state index contributed by atoms with van der Waals surface area (Å²) in [6.07, 6.45) is 3.29. The first-order valence-corrected chi connectivity index (χ1v) is 4.23. The summed E-state index contributed by atoms with van der Waals surface area (Å²) < 4.78 is -0.141. The van der Waals surface area contributed by atoms with Crippen LogP contribution in [0.25, 0.3) is 0 Å². The highest BCUT2D eigenvalue weighted by Gasteiger charge is 2.26. The van der Waals surface area contributed by atoms with Gasteiger partial charge in [-0.05, 0) is 28.8 Å². The number of rotatable bonds is 1. The maximum Gasteiger partial charge on any atom is 0.208 e. The lowest BCUT2D eigenvalue weighted by atomic mass is 9.89. The maximum absolute atomic E-state index is 11.0. The number of Topliss-reactive ketones (excluding diaryl/α,β-unsaturated/α-hetero) is 1. The van der Waals surface area contributed by atoms with Gasteiger partial charge in [-0.2, -0.15) is 0 Å². The third-order valence-corrected chi connectivity index (χ3v) is 2.38. The predicted molar refractivity (Wildman–Crippen MR) is 40.9 cm³/mol. The summed E-state index contributed by atoms with van der Waals surface area (Å²) in [7, 11) is 0. The van der Waals surface area contributed by atoms with Gasteiger partial charge in [0.2, 0.25) is 4.69 Å². The van der Waals surface area contributed by atoms with Gasteiger partial charge < -0.3 is 0 Å². The number of ketones is 1. The summed E-state index contributed by atoms with van der Waals surface area (Å²) >= 11 is 2.82. The van der Waals surface area contributed by atoms with E-state index in [0.29, 0.717) is 6.42 Å². The summed E-state index contributed by atoms with van der Waals surface area (Å²) in [5.41, 5.74) is 0. The van der Waals surface area contributed by atoms with Crippen molar-refractivity contribution in [1.82, 2.24) is 0 Å². The number of halogens is 1. The molecule has 10 heavy (non-hydrogen) atoms. The Hall–Kier alpha value is -0.180. The highest BCUT2D eigenvalue weighted by Crippen LogP contribution is 2.22. The Morgan fingerprint density at radius 3 is 2.60 bits per heavy atom. The first-order chi connectivity index (χ1) is 4.72. The van der Waals surface area contributed by atoms with Crippen LogP contribution in [0.3, 0.4) is 0 Å². The van der Waals surface area contributed by atoms with E-state index in [1.807, 2.05) is 0 Å². The second kappa shape index (κ2) is 3.28. The Morgan fingerprint density at radius 1 is 1.50 bits per heavy atom. The van der Waals surface area contributed by atoms with Crippen molar-refractivity contribution in [3.63, 3.8) is 0 Å². The lowest BCUT2D eigenvalue weighted by molar-refractivity contribution is -0.129. The van der Waals surface area contributed by atoms with Crippen LogP contribution in [0.15, 0.2) is 0 Å². The quantitative estimate of drug-likeness (QED) is 0.482. The van der Waals surface area contributed by atoms with Crippen molar-refractivity contribution in [2.45, 2.75) is 25.7 Å². The smallest absolute Gasteiger partial charge is 0.208 e. The number of carbonyl (C=O) groups excluding carboxylic acids is 2. The molecule has 1 atom stereocenters. The lowest BCUT2D eigenvalue weighted by Crippen LogP contribution is -2.23. The Labute approximate surface area is 68.1 Å². The zero-order valence-electron chi connectivity index (χ0n) is 5.60. The molecule has 0 saturated heterocycles. The molecule has 1 rings (SSSR count). The fraction of sp³-hybridized carbons (Fsp3) is 0.714. The van der Waals surface area contributed by atoms with Crippen molar-refractivity contribution in [2.24, 2.45) is 5.92 Å². The molecular formula is C7H9BrO2. The molecule has 1 saturated carbocycles. The van der Waals surface area contributed by atoms with Crippen LogP contribution >= 0.6 is 15.9 Å². The second-order valence-corrected chi connectivity index (χ2v) is 3.35. The van der Waals surface area contributed by atoms with Crippen LogP contribution < -0.4 is 0 Å². The first kappa shape index (κ1) is 7.92. The fourth-order valence-electron chi connectivity index (χ4n) is 1.22. The highest BCUT2D eigenvalue weighted by atomic mass is 79.9. The molecule has 2 nitrogen and oxygen atoms in total. The minimum Gasteiger partial charge on any atom is -0.299 e. The molecule has 0 heterocycles. The third kappa shape index (κ3) is 1.66. The average Bonchev–Trinajstić information content (AvgIpc) is 1.88. The van der Waals surface area contributed by atoms with Crippen molar-refractivity contribution in [1.29, 1.82) is 0 Å². The van der Waals surface area contributed by atoms with E-state index >= 15 is 0 Å². The molecule has 1 aliphatic rings. The molecule has 0 bridgehead atoms. The van der Waals surface area contributed by atoms with Gasteiger partial charge in [0.25, 0.3) is 0 Å². The van der Waals surface area contributed by atoms with E-state index in [4.69, 9.17) is 0 Å². The molecule has 0 aromatic heterocycles. The number of hydrogen-bond donors (Lipinski definition) is 0. The van der Waals surface area contributed by atoms with Crippen LogP contribution in [-0.2, 0) is 9.59 Å². The van der Waals surface area contributed by atoms with Crippen molar-refractivity contribution < 1.29 is 9.59 Å². The SMILES string of the molecule is O=C(Br)C1CCCCC1=O. The van der Waals surface area contributed by atoms with Gasteiger partial charge in [0, 0.05) is 6.42 Å². The van der Waals surface area contributed by atoms with E-state index in [1.165, 1.54) is 0 Å². The van der Waals surface area contributed by atoms with Gasteiger partial charge >= 0.3 is 0 Å². The molecule has 1 fully saturated rings. The van der Waals surface area contributed by atoms with Crippen molar-refractivity contribution in [3.05, 3.63) is 0 Å². The molecule has 3 heteroatoms. The zero-order valence-corrected chi connectivity index (χ0v) is 7.19. The largest absolute Gasteiger partial charge is 0.299 e. The van der Waals surface area contributed by atoms with Crippen LogP contribution in [0, 0.1) is 5.92 Å². The molecule has 0 radical (unpaired) electrons. The summed E-state index contributed by atoms with van der Waals surface area (Å²) in [5, 5.41) is 0. The van der Waals surface area contributed by atoms with E-state index in [2.05, 4.69) is 15.9 Å². The highest BCUT2D eigenvalue weighted by molar-refractivity contribution is 9.18. The maximum atomic E-state index is 11.0. The minimum atomic E-state index is -0.339. The van der Waals surface area contributed by atoms with Gasteiger partial charge in [-0.1, -0.05) is 6.42 Å². The van der Waals surface area contributed by atoms with E-state index in [0.717, 1.165) is 19.3 Å². The van der Waals surface area contributed by atoms with Crippen LogP contribution in [0.2, 0.25) is 0 Å². The topological polar surface area (TPSA) is 34.1 Å². The minimum absolute atomic E-state index is 0.105. The molecule has 0 aromatic carbocycles. The number of hydrogen-bond acceptors (Lipinski definition) is 2. The Kier molecular flexibility index (Phi) is 2.60. The third-order valence-electron chi connectivity index (χ3n) is 1.83. The monoisotopic (exact) mass is 204 g/mol. The first-order valence-electron chi connectivity index (χ1n) is 3.44. The van der Waals surface area contributed by atoms with E-state index < -0.39 is 0 Å². The Bertz CT molecular complexity index is 165. The molecule has 0 aromatic rings. The molecule has 1 unspecified atom stereocenters. The zero-order chi connectivity index (χ0) is 7.56. The van der Waals surface area contributed by atoms with Crippen molar-refractivity contribution >= 4 is 26.4 Å². The molecule has 56 valence electrons. The fourth-order valence-corrected chi connectivity index (χ4v) is 1.71. The summed E-state index contributed by atoms with van der Waals surface area (Å²) in [4.78, 5) is 21.7. The van der Waals surface area contributed by atoms with E-state index in [-0.39, 0.29) is 16.4 Å². The van der Waals surface area contributed by atoms with Crippen LogP contribution in [0.4, 0.5) is 0 Å². The van der Waals surface area contributed by atoms with Gasteiger partial charge in [0.1, 0.15) is 5.78 Å². The second-order valence-electron chi connectivity index (χ2n) is 2.57. The van der Waals surface area contributed by atoms with Crippen LogP contribution in [-0.4, -0.2) is 10.5 Å². The van der Waals surface area contributed by atoms with Crippen LogP contribution in [0.1, 0.15) is 25.7 Å². The lowest BCUT2D eigenvalue weighted by Gasteiger charge is -2.15. The van der Waals surface area contributed by atoms with Gasteiger partial charge in [-0.25, -0.2) is 0 Å². The normalized spacial score (nSPS) is 26.5. The molecule has 0 spiro atoms. The molecule has 0 N–H and O–H groups in total. The van der Waals surface area contributed by atoms with E-state index in [9.17, 15) is 9.59 Å². The number of carbonyl (C=O) groups is 2. The standard InChI is InChI=1S/C7H9BrO2/c8-7(10)5-3-1-2-4-6(5)9/h5H,1-4H2. The van der Waals surface area contributed by atoms with Gasteiger partial charge in [-0.3, -0.25) is 9.59 Å². The van der Waals surface area contributed by atoms with Crippen molar-refractivity contribution in [3.8, 4) is 0 Å². The Balaban J connectivity index is 2.56.